The molecular formula is C58H94N6O17. The number of ether oxygens (including phenoxy) is 9. The summed E-state index contributed by atoms with van der Waals surface area (Å²) in [6, 6.07) is 6.43. The van der Waals surface area contributed by atoms with Gasteiger partial charge in [-0.25, -0.2) is 4.79 Å². The van der Waals surface area contributed by atoms with Crippen molar-refractivity contribution in [1.82, 2.24) is 30.7 Å². The van der Waals surface area contributed by atoms with Crippen LogP contribution in [0, 0.1) is 23.2 Å². The Morgan fingerprint density at radius 1 is 0.741 bits per heavy atom. The molecule has 0 aromatic heterocycles. The zero-order valence-corrected chi connectivity index (χ0v) is 49.9. The number of nitrogens with zero attached hydrogens (tertiary/aromatic N) is 3. The first-order valence-corrected chi connectivity index (χ1v) is 28.3. The lowest BCUT2D eigenvalue weighted by molar-refractivity contribution is -0.149. The highest BCUT2D eigenvalue weighted by Gasteiger charge is 2.44. The van der Waals surface area contributed by atoms with E-state index in [2.05, 4.69) is 16.0 Å². The van der Waals surface area contributed by atoms with Gasteiger partial charge in [-0.3, -0.25) is 38.5 Å². The van der Waals surface area contributed by atoms with Gasteiger partial charge in [0.15, 0.2) is 0 Å². The van der Waals surface area contributed by atoms with Crippen LogP contribution in [0.15, 0.2) is 42.5 Å². The molecule has 7 amide bonds. The summed E-state index contributed by atoms with van der Waals surface area (Å²) in [4.78, 5) is 110. The molecule has 1 aromatic carbocycles. The van der Waals surface area contributed by atoms with Gasteiger partial charge in [-0.15, -0.1) is 0 Å². The number of amides is 7. The molecule has 0 aliphatic carbocycles. The average molecular weight is 1150 g/mol. The van der Waals surface area contributed by atoms with Crippen molar-refractivity contribution in [1.29, 1.82) is 0 Å². The van der Waals surface area contributed by atoms with Gasteiger partial charge in [0.05, 0.1) is 135 Å². The highest BCUT2D eigenvalue weighted by molar-refractivity contribution is 6.12. The number of nitrogens with one attached hydrogen (secondary N) is 3. The van der Waals surface area contributed by atoms with Crippen molar-refractivity contribution in [2.45, 2.75) is 123 Å². The van der Waals surface area contributed by atoms with Crippen molar-refractivity contribution in [2.75, 3.05) is 127 Å². The first-order chi connectivity index (χ1) is 38.7. The third-order valence-electron chi connectivity index (χ3n) is 14.6. The largest absolute Gasteiger partial charge is 0.467 e. The zero-order chi connectivity index (χ0) is 59.9. The summed E-state index contributed by atoms with van der Waals surface area (Å²) >= 11 is 0. The lowest BCUT2D eigenvalue weighted by Gasteiger charge is -2.41. The van der Waals surface area contributed by atoms with Crippen LogP contribution in [0.5, 0.6) is 0 Å². The molecule has 1 saturated heterocycles. The molecule has 1 fully saturated rings. The van der Waals surface area contributed by atoms with Crippen LogP contribution in [-0.4, -0.2) is 226 Å². The molecule has 2 aliphatic heterocycles. The van der Waals surface area contributed by atoms with E-state index in [0.717, 1.165) is 10.5 Å². The van der Waals surface area contributed by atoms with E-state index in [-0.39, 0.29) is 93.5 Å². The topological polar surface area (TPSA) is 265 Å². The Morgan fingerprint density at radius 2 is 1.28 bits per heavy atom. The normalized spacial score (nSPS) is 17.1. The minimum Gasteiger partial charge on any atom is -0.467 e. The summed E-state index contributed by atoms with van der Waals surface area (Å²) in [7, 11) is 5.96. The highest BCUT2D eigenvalue weighted by atomic mass is 16.6. The molecule has 8 atom stereocenters. The van der Waals surface area contributed by atoms with Gasteiger partial charge < -0.3 is 68.4 Å². The molecular weight excluding hydrogens is 1050 g/mol. The van der Waals surface area contributed by atoms with Crippen LogP contribution >= 0.6 is 0 Å². The Balaban J connectivity index is 1.39. The van der Waals surface area contributed by atoms with Crippen molar-refractivity contribution in [2.24, 2.45) is 23.2 Å². The van der Waals surface area contributed by atoms with E-state index in [1.807, 2.05) is 58.0 Å². The lowest BCUT2D eigenvalue weighted by Crippen LogP contribution is -2.59. The van der Waals surface area contributed by atoms with E-state index in [4.69, 9.17) is 42.6 Å². The van der Waals surface area contributed by atoms with Crippen molar-refractivity contribution >= 4 is 47.3 Å². The van der Waals surface area contributed by atoms with Crippen LogP contribution in [0.25, 0.3) is 0 Å². The molecule has 2 heterocycles. The van der Waals surface area contributed by atoms with Crippen LogP contribution in [0.1, 0.15) is 86.1 Å². The predicted octanol–water partition coefficient (Wildman–Crippen LogP) is 2.51. The average Bonchev–Trinajstić information content (AvgIpc) is 4.08. The SMILES string of the molecule is CCC(C)C(C(CC(=O)N1CCC[C@H]1C(OC)C(C)C(=O)NC(Cc1ccccc1)C(=O)OC)OC)N(C)C(=O)C(NC(=O)C(C)(C)CNC(=O)CCOCCOCCOCCOCCOCCOCCN1C(=O)C=CC1=O)C(C)C. The van der Waals surface area contributed by atoms with E-state index in [1.54, 1.807) is 37.6 Å². The number of esters is 1. The second-order valence-electron chi connectivity index (χ2n) is 21.3. The number of carbonyl (C=O) groups is 8. The van der Waals surface area contributed by atoms with Crippen LogP contribution in [-0.2, 0) is 87.4 Å². The highest BCUT2D eigenvalue weighted by Crippen LogP contribution is 2.30. The van der Waals surface area contributed by atoms with Crippen LogP contribution in [0.4, 0.5) is 0 Å². The van der Waals surface area contributed by atoms with E-state index in [9.17, 15) is 38.4 Å². The second kappa shape index (κ2) is 37.7. The summed E-state index contributed by atoms with van der Waals surface area (Å²) < 4.78 is 49.9. The molecule has 7 unspecified atom stereocenters. The van der Waals surface area contributed by atoms with Gasteiger partial charge in [0, 0.05) is 59.4 Å². The number of rotatable bonds is 42. The van der Waals surface area contributed by atoms with E-state index in [0.29, 0.717) is 85.3 Å². The maximum atomic E-state index is 14.5. The third-order valence-corrected chi connectivity index (χ3v) is 14.6. The molecule has 81 heavy (non-hydrogen) atoms. The van der Waals surface area contributed by atoms with Gasteiger partial charge in [-0.2, -0.15) is 0 Å². The van der Waals surface area contributed by atoms with E-state index >= 15 is 0 Å². The zero-order valence-electron chi connectivity index (χ0n) is 49.9. The van der Waals surface area contributed by atoms with Crippen LogP contribution in [0.3, 0.4) is 0 Å². The van der Waals surface area contributed by atoms with Crippen LogP contribution in [0.2, 0.25) is 0 Å². The number of benzene rings is 1. The molecule has 2 aliphatic rings. The van der Waals surface area contributed by atoms with Gasteiger partial charge in [-0.1, -0.05) is 71.4 Å². The van der Waals surface area contributed by atoms with Crippen molar-refractivity contribution in [3.05, 3.63) is 48.0 Å². The molecule has 3 N–H and O–H groups in total. The molecule has 1 aromatic rings. The Bertz CT molecular complexity index is 2110. The number of hydrogen-bond acceptors (Lipinski definition) is 17. The first kappa shape index (κ1) is 69.9. The van der Waals surface area contributed by atoms with Gasteiger partial charge >= 0.3 is 5.97 Å². The molecule has 23 nitrogen and oxygen atoms in total. The van der Waals surface area contributed by atoms with Crippen molar-refractivity contribution in [3.63, 3.8) is 0 Å². The first-order valence-electron chi connectivity index (χ1n) is 28.3. The number of carbonyl (C=O) groups excluding carboxylic acids is 8. The Labute approximate surface area is 479 Å². The fourth-order valence-electron chi connectivity index (χ4n) is 9.53. The van der Waals surface area contributed by atoms with Gasteiger partial charge in [0.2, 0.25) is 29.5 Å². The maximum absolute atomic E-state index is 14.5. The molecule has 0 bridgehead atoms. The Kier molecular flexibility index (Phi) is 32.5. The fourth-order valence-corrected chi connectivity index (χ4v) is 9.53. The molecule has 458 valence electrons. The summed E-state index contributed by atoms with van der Waals surface area (Å²) in [5.74, 6) is -4.14. The van der Waals surface area contributed by atoms with E-state index in [1.165, 1.54) is 33.5 Å². The summed E-state index contributed by atoms with van der Waals surface area (Å²) in [5, 5.41) is 8.63. The number of likely N-dealkylation sites (tertiary alicyclic amines) is 1. The number of hydrogen-bond donors (Lipinski definition) is 3. The standard InChI is InChI=1S/C58H94N6O17/c1-12-41(4)52(46(73-9)38-50(68)63-23-16-19-45(63)53(74-10)42(5)54(69)60-44(56(71)75-11)37-43-17-14-13-15-18-43)62(8)55(70)51(40(2)3)61-57(72)58(6,7)39-59-47(65)22-25-76-27-29-78-31-33-80-35-36-81-34-32-79-30-28-77-26-24-64-48(66)20-21-49(64)67/h13-15,17-18,20-21,40-42,44-46,51-53H,12,16,19,22-39H2,1-11H3,(H,59,65)(H,60,69)(H,61,72)/t41?,42?,44?,45-,46?,51?,52?,53?/m0/s1. The van der Waals surface area contributed by atoms with Crippen LogP contribution < -0.4 is 16.0 Å². The second-order valence-corrected chi connectivity index (χ2v) is 21.3. The fraction of sp³-hybridized carbons (Fsp3) is 0.724. The monoisotopic (exact) mass is 1150 g/mol. The smallest absolute Gasteiger partial charge is 0.328 e. The Morgan fingerprint density at radius 3 is 1.79 bits per heavy atom. The Hall–Kier alpha value is -5.40. The minimum atomic E-state index is -1.09. The molecule has 0 radical (unpaired) electrons. The molecule has 0 saturated carbocycles. The van der Waals surface area contributed by atoms with Crippen molar-refractivity contribution < 1.29 is 81.0 Å². The number of imide groups is 1. The van der Waals surface area contributed by atoms with Gasteiger partial charge in [0.25, 0.3) is 11.8 Å². The third kappa shape index (κ3) is 23.8. The number of likely N-dealkylation sites (N-methyl/N-ethyl adjacent to an activating group) is 1. The van der Waals surface area contributed by atoms with Gasteiger partial charge in [-0.05, 0) is 44.1 Å². The molecule has 3 rings (SSSR count). The number of methoxy groups -OCH3 is 3. The quantitative estimate of drug-likeness (QED) is 0.0482. The predicted molar refractivity (Wildman–Crippen MR) is 299 cm³/mol. The summed E-state index contributed by atoms with van der Waals surface area (Å²) in [6.45, 7) is 17.4. The summed E-state index contributed by atoms with van der Waals surface area (Å²) in [6.07, 6.45) is 3.22. The summed E-state index contributed by atoms with van der Waals surface area (Å²) in [5.41, 5.74) is -0.241. The lowest BCUT2D eigenvalue weighted by atomic mass is 9.88. The molecule has 0 spiro atoms. The van der Waals surface area contributed by atoms with Gasteiger partial charge in [0.1, 0.15) is 12.1 Å². The van der Waals surface area contributed by atoms with Crippen molar-refractivity contribution in [3.8, 4) is 0 Å². The van der Waals surface area contributed by atoms with E-state index < -0.39 is 65.5 Å². The minimum absolute atomic E-state index is 0.00899. The maximum Gasteiger partial charge on any atom is 0.328 e. The molecule has 23 heteroatoms.